The van der Waals surface area contributed by atoms with E-state index in [1.165, 1.54) is 29.7 Å². The Labute approximate surface area is 117 Å². The third-order valence-corrected chi connectivity index (χ3v) is 4.15. The molecule has 1 aromatic heterocycles. The Morgan fingerprint density at radius 1 is 1.30 bits per heavy atom. The number of nitrogens with two attached hydrogens (primary N) is 2. The van der Waals surface area contributed by atoms with Crippen molar-refractivity contribution in [3.63, 3.8) is 0 Å². The number of halogens is 1. The summed E-state index contributed by atoms with van der Waals surface area (Å²) in [6, 6.07) is 4.63. The maximum Gasteiger partial charge on any atom is 0.150 e. The molecule has 1 aliphatic carbocycles. The van der Waals surface area contributed by atoms with Crippen molar-refractivity contribution < 1.29 is 4.39 Å². The number of nitrogen functional groups attached to an aromatic ring is 2. The normalized spacial score (nSPS) is 15.9. The van der Waals surface area contributed by atoms with Gasteiger partial charge in [-0.05, 0) is 37.5 Å². The molecule has 0 unspecified atom stereocenters. The first kappa shape index (κ1) is 13.0. The number of aryl methyl sites for hydroxylation is 1. The highest BCUT2D eigenvalue weighted by molar-refractivity contribution is 5.73. The Bertz CT molecular complexity index is 642. The highest BCUT2D eigenvalue weighted by atomic mass is 19.1. The summed E-state index contributed by atoms with van der Waals surface area (Å²) < 4.78 is 14.9. The monoisotopic (exact) mass is 274 g/mol. The summed E-state index contributed by atoms with van der Waals surface area (Å²) in [5.41, 5.74) is 8.32. The second-order valence-corrected chi connectivity index (χ2v) is 5.51. The summed E-state index contributed by atoms with van der Waals surface area (Å²) in [5, 5.41) is 0. The van der Waals surface area contributed by atoms with Crippen LogP contribution >= 0.6 is 0 Å². The smallest absolute Gasteiger partial charge is 0.150 e. The minimum atomic E-state index is -0.293. The molecule has 0 atom stereocenters. The molecule has 2 aromatic rings. The van der Waals surface area contributed by atoms with Crippen molar-refractivity contribution in [2.45, 2.75) is 38.5 Å². The van der Waals surface area contributed by atoms with E-state index in [0.717, 1.165) is 24.2 Å². The molecule has 20 heavy (non-hydrogen) atoms. The summed E-state index contributed by atoms with van der Waals surface area (Å²) >= 11 is 0. The van der Waals surface area contributed by atoms with Crippen molar-refractivity contribution in [2.24, 2.45) is 0 Å². The average Bonchev–Trinajstić information content (AvgIpc) is 3.04. The number of anilines is 1. The molecule has 0 spiro atoms. The Morgan fingerprint density at radius 2 is 2.00 bits per heavy atom. The van der Waals surface area contributed by atoms with Gasteiger partial charge >= 0.3 is 0 Å². The molecule has 5 heteroatoms. The quantitative estimate of drug-likeness (QED) is 0.827. The number of hydrogen-bond acceptors (Lipinski definition) is 3. The Morgan fingerprint density at radius 3 is 2.70 bits per heavy atom. The summed E-state index contributed by atoms with van der Waals surface area (Å²) in [6.45, 7) is 1.92. The molecule has 1 fully saturated rings. The second-order valence-electron chi connectivity index (χ2n) is 5.51. The van der Waals surface area contributed by atoms with E-state index in [1.54, 1.807) is 6.07 Å². The molecule has 0 bridgehead atoms. The molecule has 1 heterocycles. The summed E-state index contributed by atoms with van der Waals surface area (Å²) in [6.07, 6.45) is 4.59. The summed E-state index contributed by atoms with van der Waals surface area (Å²) in [7, 11) is 0. The molecule has 3 rings (SSSR count). The van der Waals surface area contributed by atoms with Gasteiger partial charge in [-0.2, -0.15) is 0 Å². The topological polar surface area (TPSA) is 69.9 Å². The van der Waals surface area contributed by atoms with Crippen molar-refractivity contribution in [2.75, 3.05) is 11.6 Å². The molecule has 1 aliphatic rings. The first-order chi connectivity index (χ1) is 9.58. The van der Waals surface area contributed by atoms with E-state index in [0.29, 0.717) is 23.0 Å². The van der Waals surface area contributed by atoms with Crippen LogP contribution in [-0.2, 0) is 0 Å². The van der Waals surface area contributed by atoms with Gasteiger partial charge in [-0.3, -0.25) is 0 Å². The SMILES string of the molecule is Cc1ccc(F)cc1-c1nc(C2CCCC2)n(N)c1N. The van der Waals surface area contributed by atoms with Gasteiger partial charge in [-0.1, -0.05) is 18.9 Å². The largest absolute Gasteiger partial charge is 0.382 e. The Balaban J connectivity index is 2.10. The van der Waals surface area contributed by atoms with Gasteiger partial charge in [0.2, 0.25) is 0 Å². The van der Waals surface area contributed by atoms with E-state index in [1.807, 2.05) is 6.92 Å². The van der Waals surface area contributed by atoms with Gasteiger partial charge < -0.3 is 11.6 Å². The zero-order valence-corrected chi connectivity index (χ0v) is 11.6. The van der Waals surface area contributed by atoms with Crippen LogP contribution in [-0.4, -0.2) is 9.66 Å². The number of nitrogens with zero attached hydrogens (tertiary/aromatic N) is 2. The van der Waals surface area contributed by atoms with Gasteiger partial charge in [0.25, 0.3) is 0 Å². The first-order valence-electron chi connectivity index (χ1n) is 6.97. The summed E-state index contributed by atoms with van der Waals surface area (Å²) in [5.74, 6) is 7.34. The van der Waals surface area contributed by atoms with E-state index in [2.05, 4.69) is 4.98 Å². The minimum Gasteiger partial charge on any atom is -0.382 e. The lowest BCUT2D eigenvalue weighted by atomic mass is 10.1. The van der Waals surface area contributed by atoms with E-state index < -0.39 is 0 Å². The minimum absolute atomic E-state index is 0.293. The van der Waals surface area contributed by atoms with E-state index in [-0.39, 0.29) is 5.82 Å². The highest BCUT2D eigenvalue weighted by Crippen LogP contribution is 2.37. The van der Waals surface area contributed by atoms with Crippen molar-refractivity contribution in [1.82, 2.24) is 9.66 Å². The lowest BCUT2D eigenvalue weighted by Crippen LogP contribution is -2.17. The van der Waals surface area contributed by atoms with Crippen molar-refractivity contribution in [3.8, 4) is 11.3 Å². The first-order valence-corrected chi connectivity index (χ1v) is 6.97. The lowest BCUT2D eigenvalue weighted by molar-refractivity contribution is 0.628. The van der Waals surface area contributed by atoms with Crippen LogP contribution in [0.1, 0.15) is 43.0 Å². The lowest BCUT2D eigenvalue weighted by Gasteiger charge is -2.08. The number of hydrogen-bond donors (Lipinski definition) is 2. The standard InChI is InChI=1S/C15H19FN4/c1-9-6-7-11(16)8-12(9)13-14(17)20(18)15(19-13)10-4-2-3-5-10/h6-8,10H,2-5,17-18H2,1H3. The molecule has 4 N–H and O–H groups in total. The van der Waals surface area contributed by atoms with Crippen molar-refractivity contribution >= 4 is 5.82 Å². The number of imidazole rings is 1. The predicted octanol–water partition coefficient (Wildman–Crippen LogP) is 2.95. The average molecular weight is 274 g/mol. The molecule has 4 nitrogen and oxygen atoms in total. The van der Waals surface area contributed by atoms with Crippen LogP contribution in [0.15, 0.2) is 18.2 Å². The fraction of sp³-hybridized carbons (Fsp3) is 0.400. The molecular weight excluding hydrogens is 255 g/mol. The van der Waals surface area contributed by atoms with Gasteiger partial charge in [0, 0.05) is 11.5 Å². The maximum atomic E-state index is 13.5. The van der Waals surface area contributed by atoms with Crippen LogP contribution in [0.4, 0.5) is 10.2 Å². The molecule has 0 amide bonds. The molecule has 0 aliphatic heterocycles. The van der Waals surface area contributed by atoms with Crippen molar-refractivity contribution in [1.29, 1.82) is 0 Å². The zero-order chi connectivity index (χ0) is 14.3. The number of benzene rings is 1. The maximum absolute atomic E-state index is 13.5. The van der Waals surface area contributed by atoms with Gasteiger partial charge in [0.1, 0.15) is 17.3 Å². The summed E-state index contributed by atoms with van der Waals surface area (Å²) in [4.78, 5) is 4.61. The number of rotatable bonds is 2. The van der Waals surface area contributed by atoms with Crippen LogP contribution < -0.4 is 11.6 Å². The van der Waals surface area contributed by atoms with E-state index >= 15 is 0 Å². The zero-order valence-electron chi connectivity index (χ0n) is 11.6. The molecule has 0 radical (unpaired) electrons. The molecule has 1 saturated carbocycles. The fourth-order valence-electron chi connectivity index (χ4n) is 2.98. The van der Waals surface area contributed by atoms with Crippen LogP contribution in [0.3, 0.4) is 0 Å². The van der Waals surface area contributed by atoms with Gasteiger partial charge in [0.15, 0.2) is 5.82 Å². The van der Waals surface area contributed by atoms with Crippen molar-refractivity contribution in [3.05, 3.63) is 35.4 Å². The Kier molecular flexibility index (Phi) is 3.12. The Hall–Kier alpha value is -2.04. The van der Waals surface area contributed by atoms with Crippen LogP contribution in [0.2, 0.25) is 0 Å². The van der Waals surface area contributed by atoms with Gasteiger partial charge in [-0.25, -0.2) is 14.1 Å². The van der Waals surface area contributed by atoms with E-state index in [4.69, 9.17) is 11.6 Å². The van der Waals surface area contributed by atoms with Crippen LogP contribution in [0, 0.1) is 12.7 Å². The van der Waals surface area contributed by atoms with Crippen LogP contribution in [0.5, 0.6) is 0 Å². The molecule has 0 saturated heterocycles. The number of aromatic nitrogens is 2. The third-order valence-electron chi connectivity index (χ3n) is 4.15. The fourth-order valence-corrected chi connectivity index (χ4v) is 2.98. The van der Waals surface area contributed by atoms with E-state index in [9.17, 15) is 4.39 Å². The predicted molar refractivity (Wildman–Crippen MR) is 78.1 cm³/mol. The molecule has 106 valence electrons. The third kappa shape index (κ3) is 2.03. The highest BCUT2D eigenvalue weighted by Gasteiger charge is 2.25. The molecular formula is C15H19FN4. The van der Waals surface area contributed by atoms with Gasteiger partial charge in [0.05, 0.1) is 0 Å². The second kappa shape index (κ2) is 4.81. The molecule has 1 aromatic carbocycles. The van der Waals surface area contributed by atoms with Gasteiger partial charge in [-0.15, -0.1) is 0 Å². The van der Waals surface area contributed by atoms with Crippen LogP contribution in [0.25, 0.3) is 11.3 Å².